The predicted octanol–water partition coefficient (Wildman–Crippen LogP) is 1.84. The molecule has 15 heavy (non-hydrogen) atoms. The first-order valence-electron chi connectivity index (χ1n) is 4.87. The maximum Gasteiger partial charge on any atom is 0.221 e. The Morgan fingerprint density at radius 1 is 1.47 bits per heavy atom. The van der Waals surface area contributed by atoms with Gasteiger partial charge in [0, 0.05) is 30.7 Å². The van der Waals surface area contributed by atoms with Crippen LogP contribution >= 0.6 is 11.8 Å². The Balaban J connectivity index is 2.64. The Bertz CT molecular complexity index is 328. The largest absolute Gasteiger partial charge is 0.330 e. The normalized spacial score (nSPS) is 10.0. The first-order chi connectivity index (χ1) is 7.24. The molecule has 0 aliphatic rings. The van der Waals surface area contributed by atoms with Gasteiger partial charge in [-0.2, -0.15) is 11.8 Å². The molecule has 1 rings (SSSR count). The maximum absolute atomic E-state index is 11.0. The van der Waals surface area contributed by atoms with Gasteiger partial charge in [-0.3, -0.25) is 4.79 Å². The van der Waals surface area contributed by atoms with Gasteiger partial charge >= 0.3 is 0 Å². The van der Waals surface area contributed by atoms with Crippen molar-refractivity contribution >= 4 is 23.4 Å². The van der Waals surface area contributed by atoms with E-state index in [9.17, 15) is 4.79 Å². The number of nitrogens with two attached hydrogens (primary N) is 1. The Labute approximate surface area is 94.4 Å². The quantitative estimate of drug-likeness (QED) is 0.750. The van der Waals surface area contributed by atoms with Crippen LogP contribution in [-0.2, 0) is 10.5 Å². The van der Waals surface area contributed by atoms with Gasteiger partial charge in [0.1, 0.15) is 0 Å². The van der Waals surface area contributed by atoms with E-state index in [-0.39, 0.29) is 5.91 Å². The summed E-state index contributed by atoms with van der Waals surface area (Å²) in [5, 5.41) is 2.82. The third-order valence-corrected chi connectivity index (χ3v) is 2.89. The fourth-order valence-electron chi connectivity index (χ4n) is 1.22. The Morgan fingerprint density at radius 2 is 2.20 bits per heavy atom. The molecule has 0 aliphatic carbocycles. The molecule has 1 aromatic carbocycles. The minimum absolute atomic E-state index is 0.0359. The molecule has 0 heterocycles. The molecule has 0 spiro atoms. The number of nitrogens with one attached hydrogen (secondary N) is 1. The molecule has 0 aliphatic heterocycles. The second-order valence-corrected chi connectivity index (χ2v) is 4.28. The molecule has 3 nitrogen and oxygen atoms in total. The average molecular weight is 224 g/mol. The zero-order valence-electron chi connectivity index (χ0n) is 8.82. The number of anilines is 1. The first-order valence-corrected chi connectivity index (χ1v) is 6.03. The topological polar surface area (TPSA) is 55.1 Å². The van der Waals surface area contributed by atoms with Crippen molar-refractivity contribution < 1.29 is 4.79 Å². The second kappa shape index (κ2) is 6.48. The average Bonchev–Trinajstić information content (AvgIpc) is 2.20. The van der Waals surface area contributed by atoms with Crippen LogP contribution in [-0.4, -0.2) is 18.2 Å². The lowest BCUT2D eigenvalue weighted by molar-refractivity contribution is -0.114. The summed E-state index contributed by atoms with van der Waals surface area (Å²) >= 11 is 1.77. The molecule has 1 amide bonds. The monoisotopic (exact) mass is 224 g/mol. The fourth-order valence-corrected chi connectivity index (χ4v) is 2.01. The first kappa shape index (κ1) is 12.1. The van der Waals surface area contributed by atoms with Crippen molar-refractivity contribution in [1.29, 1.82) is 0 Å². The van der Waals surface area contributed by atoms with Crippen LogP contribution in [0.3, 0.4) is 0 Å². The number of rotatable bonds is 5. The van der Waals surface area contributed by atoms with Gasteiger partial charge in [0.05, 0.1) is 0 Å². The molecule has 4 heteroatoms. The van der Waals surface area contributed by atoms with Crippen LogP contribution in [0.25, 0.3) is 0 Å². The molecule has 0 unspecified atom stereocenters. The van der Waals surface area contributed by atoms with Crippen LogP contribution in [0.4, 0.5) is 5.69 Å². The number of hydrogen-bond donors (Lipinski definition) is 2. The minimum atomic E-state index is -0.0359. The zero-order chi connectivity index (χ0) is 11.1. The van der Waals surface area contributed by atoms with Crippen molar-refractivity contribution in [3.63, 3.8) is 0 Å². The van der Waals surface area contributed by atoms with Crippen molar-refractivity contribution in [2.75, 3.05) is 17.6 Å². The highest BCUT2D eigenvalue weighted by atomic mass is 32.2. The van der Waals surface area contributed by atoms with Gasteiger partial charge in [0.15, 0.2) is 0 Å². The van der Waals surface area contributed by atoms with E-state index in [4.69, 9.17) is 5.73 Å². The molecule has 0 saturated heterocycles. The summed E-state index contributed by atoms with van der Waals surface area (Å²) in [5.41, 5.74) is 7.46. The number of thioether (sulfide) groups is 1. The highest BCUT2D eigenvalue weighted by molar-refractivity contribution is 7.98. The van der Waals surface area contributed by atoms with Crippen LogP contribution in [0.15, 0.2) is 24.3 Å². The molecule has 0 bridgehead atoms. The van der Waals surface area contributed by atoms with Gasteiger partial charge in [-0.1, -0.05) is 18.2 Å². The van der Waals surface area contributed by atoms with Crippen molar-refractivity contribution in [1.82, 2.24) is 0 Å². The Kier molecular flexibility index (Phi) is 5.21. The molecule has 0 radical (unpaired) electrons. The lowest BCUT2D eigenvalue weighted by Crippen LogP contribution is -2.08. The summed E-state index contributed by atoms with van der Waals surface area (Å²) < 4.78 is 0. The van der Waals surface area contributed by atoms with Crippen LogP contribution in [0.1, 0.15) is 12.5 Å². The molecule has 0 aromatic heterocycles. The predicted molar refractivity (Wildman–Crippen MR) is 66.0 cm³/mol. The molecule has 0 saturated carbocycles. The van der Waals surface area contributed by atoms with E-state index in [1.807, 2.05) is 24.3 Å². The number of amides is 1. The number of carbonyl (C=O) groups is 1. The molecule has 0 fully saturated rings. The van der Waals surface area contributed by atoms with Gasteiger partial charge < -0.3 is 11.1 Å². The fraction of sp³-hybridized carbons (Fsp3) is 0.364. The van der Waals surface area contributed by atoms with E-state index < -0.39 is 0 Å². The molecule has 0 atom stereocenters. The van der Waals surface area contributed by atoms with Gasteiger partial charge in [0.25, 0.3) is 0 Å². The van der Waals surface area contributed by atoms with E-state index >= 15 is 0 Å². The van der Waals surface area contributed by atoms with Crippen LogP contribution < -0.4 is 11.1 Å². The van der Waals surface area contributed by atoms with E-state index in [1.54, 1.807) is 11.8 Å². The van der Waals surface area contributed by atoms with Gasteiger partial charge in [-0.05, 0) is 11.6 Å². The summed E-state index contributed by atoms with van der Waals surface area (Å²) in [4.78, 5) is 11.0. The lowest BCUT2D eigenvalue weighted by Gasteiger charge is -2.08. The number of carbonyl (C=O) groups excluding carboxylic acids is 1. The standard InChI is InChI=1S/C11H16N2OS/c1-9(14)13-11-5-3-2-4-10(11)8-15-7-6-12/h2-5H,6-8,12H2,1H3,(H,13,14). The third kappa shape index (κ3) is 4.36. The smallest absolute Gasteiger partial charge is 0.221 e. The molecule has 1 aromatic rings. The second-order valence-electron chi connectivity index (χ2n) is 3.18. The van der Waals surface area contributed by atoms with Crippen molar-refractivity contribution in [3.05, 3.63) is 29.8 Å². The van der Waals surface area contributed by atoms with Gasteiger partial charge in [-0.25, -0.2) is 0 Å². The summed E-state index contributed by atoms with van der Waals surface area (Å²) in [6, 6.07) is 7.83. The number of benzene rings is 1. The zero-order valence-corrected chi connectivity index (χ0v) is 9.64. The van der Waals surface area contributed by atoms with E-state index in [1.165, 1.54) is 6.92 Å². The maximum atomic E-state index is 11.0. The number of hydrogen-bond acceptors (Lipinski definition) is 3. The highest BCUT2D eigenvalue weighted by Crippen LogP contribution is 2.20. The van der Waals surface area contributed by atoms with Crippen LogP contribution in [0, 0.1) is 0 Å². The Morgan fingerprint density at radius 3 is 2.87 bits per heavy atom. The van der Waals surface area contributed by atoms with E-state index in [0.717, 1.165) is 22.8 Å². The summed E-state index contributed by atoms with van der Waals surface area (Å²) in [7, 11) is 0. The summed E-state index contributed by atoms with van der Waals surface area (Å²) in [6.45, 7) is 2.21. The van der Waals surface area contributed by atoms with Gasteiger partial charge in [-0.15, -0.1) is 0 Å². The van der Waals surface area contributed by atoms with Crippen LogP contribution in [0.2, 0.25) is 0 Å². The summed E-state index contributed by atoms with van der Waals surface area (Å²) in [6.07, 6.45) is 0. The van der Waals surface area contributed by atoms with Crippen molar-refractivity contribution in [2.45, 2.75) is 12.7 Å². The molecular weight excluding hydrogens is 208 g/mol. The summed E-state index contributed by atoms with van der Waals surface area (Å²) in [5.74, 6) is 1.79. The minimum Gasteiger partial charge on any atom is -0.330 e. The molecule has 3 N–H and O–H groups in total. The van der Waals surface area contributed by atoms with Crippen molar-refractivity contribution in [2.24, 2.45) is 5.73 Å². The highest BCUT2D eigenvalue weighted by Gasteiger charge is 2.02. The van der Waals surface area contributed by atoms with E-state index in [0.29, 0.717) is 6.54 Å². The van der Waals surface area contributed by atoms with Crippen molar-refractivity contribution in [3.8, 4) is 0 Å². The van der Waals surface area contributed by atoms with Crippen LogP contribution in [0.5, 0.6) is 0 Å². The lowest BCUT2D eigenvalue weighted by atomic mass is 10.2. The molecule has 82 valence electrons. The number of para-hydroxylation sites is 1. The SMILES string of the molecule is CC(=O)Nc1ccccc1CSCCN. The Hall–Kier alpha value is -1.00. The molecular formula is C11H16N2OS. The van der Waals surface area contributed by atoms with Gasteiger partial charge in [0.2, 0.25) is 5.91 Å². The third-order valence-electron chi connectivity index (χ3n) is 1.85. The van der Waals surface area contributed by atoms with E-state index in [2.05, 4.69) is 5.32 Å².